The fourth-order valence-corrected chi connectivity index (χ4v) is 2.55. The molecule has 0 bridgehead atoms. The Bertz CT molecular complexity index is 373. The molecular formula is C22H42O5. The Balaban J connectivity index is 3.34. The zero-order valence-electron chi connectivity index (χ0n) is 18.1. The quantitative estimate of drug-likeness (QED) is 0.246. The van der Waals surface area contributed by atoms with Gasteiger partial charge in [-0.1, -0.05) is 91.9 Å². The van der Waals surface area contributed by atoms with Crippen LogP contribution in [-0.2, 0) is 23.8 Å². The van der Waals surface area contributed by atoms with Crippen LogP contribution in [0.5, 0.6) is 0 Å². The number of unbranched alkanes of at least 4 members (excludes halogenated alkanes) is 10. The number of rotatable bonds is 17. The van der Waals surface area contributed by atoms with E-state index in [4.69, 9.17) is 14.2 Å². The summed E-state index contributed by atoms with van der Waals surface area (Å²) in [6.45, 7) is 8.52. The number of hydrogen-bond acceptors (Lipinski definition) is 5. The predicted octanol–water partition coefficient (Wildman–Crippen LogP) is 5.45. The Morgan fingerprint density at radius 1 is 0.667 bits per heavy atom. The second kappa shape index (κ2) is 17.0. The monoisotopic (exact) mass is 386 g/mol. The minimum atomic E-state index is -0.455. The minimum absolute atomic E-state index is 0.0801. The van der Waals surface area contributed by atoms with Gasteiger partial charge in [0.1, 0.15) is 13.2 Å². The van der Waals surface area contributed by atoms with Gasteiger partial charge in [0.15, 0.2) is 0 Å². The molecule has 0 fully saturated rings. The first kappa shape index (κ1) is 25.9. The van der Waals surface area contributed by atoms with Crippen molar-refractivity contribution in [2.45, 2.75) is 98.3 Å². The maximum atomic E-state index is 11.5. The highest BCUT2D eigenvalue weighted by molar-refractivity contribution is 5.73. The van der Waals surface area contributed by atoms with Crippen molar-refractivity contribution in [1.82, 2.24) is 0 Å². The third-order valence-electron chi connectivity index (χ3n) is 4.12. The lowest BCUT2D eigenvalue weighted by Crippen LogP contribution is -2.23. The van der Waals surface area contributed by atoms with E-state index < -0.39 is 11.9 Å². The van der Waals surface area contributed by atoms with Crippen LogP contribution >= 0.6 is 0 Å². The largest absolute Gasteiger partial charge is 0.464 e. The zero-order valence-corrected chi connectivity index (χ0v) is 18.1. The summed E-state index contributed by atoms with van der Waals surface area (Å²) in [6.07, 6.45) is 13.9. The van der Waals surface area contributed by atoms with Crippen molar-refractivity contribution in [1.29, 1.82) is 0 Å². The summed E-state index contributed by atoms with van der Waals surface area (Å²) in [7, 11) is 0. The van der Waals surface area contributed by atoms with Crippen LogP contribution in [0.15, 0.2) is 0 Å². The van der Waals surface area contributed by atoms with Crippen LogP contribution in [-0.4, -0.2) is 38.4 Å². The van der Waals surface area contributed by atoms with Crippen molar-refractivity contribution >= 4 is 11.9 Å². The summed E-state index contributed by atoms with van der Waals surface area (Å²) >= 11 is 0. The molecule has 0 saturated heterocycles. The molecule has 0 saturated carbocycles. The molecule has 0 aromatic rings. The number of carbonyl (C=O) groups excluding carboxylic acids is 2. The summed E-state index contributed by atoms with van der Waals surface area (Å²) in [4.78, 5) is 23.0. The van der Waals surface area contributed by atoms with E-state index in [2.05, 4.69) is 6.92 Å². The van der Waals surface area contributed by atoms with E-state index in [1.807, 2.05) is 20.8 Å². The average molecular weight is 387 g/mol. The van der Waals surface area contributed by atoms with Gasteiger partial charge < -0.3 is 14.2 Å². The third-order valence-corrected chi connectivity index (χ3v) is 4.12. The molecule has 0 aromatic carbocycles. The van der Waals surface area contributed by atoms with Crippen molar-refractivity contribution in [3.63, 3.8) is 0 Å². The van der Waals surface area contributed by atoms with Crippen molar-refractivity contribution < 1.29 is 23.8 Å². The van der Waals surface area contributed by atoms with Gasteiger partial charge in [-0.05, 0) is 11.8 Å². The Morgan fingerprint density at radius 2 is 1.11 bits per heavy atom. The molecule has 0 N–H and O–H groups in total. The predicted molar refractivity (Wildman–Crippen MR) is 109 cm³/mol. The third kappa shape index (κ3) is 21.1. The second-order valence-corrected chi connectivity index (χ2v) is 8.47. The molecule has 0 radical (unpaired) electrons. The first-order valence-corrected chi connectivity index (χ1v) is 10.7. The van der Waals surface area contributed by atoms with Gasteiger partial charge in [0.05, 0.1) is 13.2 Å². The molecule has 27 heavy (non-hydrogen) atoms. The molecule has 5 nitrogen and oxygen atoms in total. The van der Waals surface area contributed by atoms with Crippen LogP contribution in [0.4, 0.5) is 0 Å². The molecule has 0 aromatic heterocycles. The fourth-order valence-electron chi connectivity index (χ4n) is 2.55. The lowest BCUT2D eigenvalue weighted by Gasteiger charge is -2.17. The number of hydrogen-bond donors (Lipinski definition) is 0. The van der Waals surface area contributed by atoms with E-state index in [0.29, 0.717) is 13.2 Å². The van der Waals surface area contributed by atoms with Gasteiger partial charge in [-0.15, -0.1) is 0 Å². The molecule has 160 valence electrons. The number of esters is 2. The van der Waals surface area contributed by atoms with Gasteiger partial charge in [0, 0.05) is 0 Å². The standard InChI is InChI=1S/C22H42O5/c1-5-6-7-8-9-10-11-12-13-14-15-16-26-20(23)17-25-18-21(24)27-19-22(2,3)4/h5-19H2,1-4H3. The molecule has 0 aliphatic rings. The Kier molecular flexibility index (Phi) is 16.3. The highest BCUT2D eigenvalue weighted by atomic mass is 16.6. The summed E-state index contributed by atoms with van der Waals surface area (Å²) in [5.74, 6) is -0.881. The molecule has 0 atom stereocenters. The van der Waals surface area contributed by atoms with Crippen molar-refractivity contribution in [3.8, 4) is 0 Å². The Labute approximate surface area is 166 Å². The molecule has 5 heteroatoms. The Morgan fingerprint density at radius 3 is 1.59 bits per heavy atom. The highest BCUT2D eigenvalue weighted by Gasteiger charge is 2.14. The van der Waals surface area contributed by atoms with Crippen LogP contribution in [0, 0.1) is 5.41 Å². The molecule has 0 unspecified atom stereocenters. The molecular weight excluding hydrogens is 344 g/mol. The number of carbonyl (C=O) groups is 2. The fraction of sp³-hybridized carbons (Fsp3) is 0.909. The lowest BCUT2D eigenvalue weighted by molar-refractivity contribution is -0.157. The summed E-state index contributed by atoms with van der Waals surface area (Å²) in [6, 6.07) is 0. The molecule has 0 aliphatic carbocycles. The van der Waals surface area contributed by atoms with Gasteiger partial charge in [0.2, 0.25) is 0 Å². The normalized spacial score (nSPS) is 11.4. The van der Waals surface area contributed by atoms with Gasteiger partial charge in [0.25, 0.3) is 0 Å². The molecule has 0 amide bonds. The van der Waals surface area contributed by atoms with E-state index in [9.17, 15) is 9.59 Å². The maximum Gasteiger partial charge on any atom is 0.332 e. The topological polar surface area (TPSA) is 61.8 Å². The van der Waals surface area contributed by atoms with Crippen LogP contribution in [0.25, 0.3) is 0 Å². The van der Waals surface area contributed by atoms with Crippen molar-refractivity contribution in [2.24, 2.45) is 5.41 Å². The van der Waals surface area contributed by atoms with Crippen LogP contribution in [0.1, 0.15) is 98.3 Å². The van der Waals surface area contributed by atoms with Crippen LogP contribution < -0.4 is 0 Å². The molecule has 0 aliphatic heterocycles. The second-order valence-electron chi connectivity index (χ2n) is 8.47. The smallest absolute Gasteiger partial charge is 0.332 e. The lowest BCUT2D eigenvalue weighted by atomic mass is 9.99. The summed E-state index contributed by atoms with van der Waals surface area (Å²) in [5.41, 5.74) is -0.0801. The SMILES string of the molecule is CCCCCCCCCCCCCOC(=O)COCC(=O)OCC(C)(C)C. The molecule has 0 rings (SSSR count). The van der Waals surface area contributed by atoms with Crippen LogP contribution in [0.3, 0.4) is 0 Å². The van der Waals surface area contributed by atoms with Gasteiger partial charge in [-0.25, -0.2) is 9.59 Å². The zero-order chi connectivity index (χ0) is 20.4. The van der Waals surface area contributed by atoms with E-state index >= 15 is 0 Å². The van der Waals surface area contributed by atoms with E-state index in [-0.39, 0.29) is 18.6 Å². The van der Waals surface area contributed by atoms with Gasteiger partial charge in [-0.3, -0.25) is 0 Å². The van der Waals surface area contributed by atoms with Crippen molar-refractivity contribution in [2.75, 3.05) is 26.4 Å². The molecule has 0 spiro atoms. The maximum absolute atomic E-state index is 11.5. The average Bonchev–Trinajstić information content (AvgIpc) is 2.60. The van der Waals surface area contributed by atoms with E-state index in [1.54, 1.807) is 0 Å². The summed E-state index contributed by atoms with van der Waals surface area (Å²) in [5, 5.41) is 0. The minimum Gasteiger partial charge on any atom is -0.464 e. The van der Waals surface area contributed by atoms with Crippen molar-refractivity contribution in [3.05, 3.63) is 0 Å². The number of ether oxygens (including phenoxy) is 3. The van der Waals surface area contributed by atoms with Gasteiger partial charge >= 0.3 is 11.9 Å². The van der Waals surface area contributed by atoms with Crippen LogP contribution in [0.2, 0.25) is 0 Å². The van der Waals surface area contributed by atoms with E-state index in [0.717, 1.165) is 12.8 Å². The molecule has 0 heterocycles. The first-order chi connectivity index (χ1) is 12.8. The highest BCUT2D eigenvalue weighted by Crippen LogP contribution is 2.13. The Hall–Kier alpha value is -1.10. The van der Waals surface area contributed by atoms with Gasteiger partial charge in [-0.2, -0.15) is 0 Å². The first-order valence-electron chi connectivity index (χ1n) is 10.7. The van der Waals surface area contributed by atoms with E-state index in [1.165, 1.54) is 57.8 Å². The summed E-state index contributed by atoms with van der Waals surface area (Å²) < 4.78 is 15.2.